The van der Waals surface area contributed by atoms with Gasteiger partial charge in [-0.25, -0.2) is 0 Å². The predicted molar refractivity (Wildman–Crippen MR) is 134 cm³/mol. The summed E-state index contributed by atoms with van der Waals surface area (Å²) in [4.78, 5) is 35.3. The van der Waals surface area contributed by atoms with Crippen LogP contribution in [0.4, 0.5) is 17.1 Å². The second kappa shape index (κ2) is 10.5. The second-order valence-electron chi connectivity index (χ2n) is 7.23. The molecule has 2 aromatic carbocycles. The van der Waals surface area contributed by atoms with E-state index in [4.69, 9.17) is 25.8 Å². The lowest BCUT2D eigenvalue weighted by Crippen LogP contribution is -2.34. The minimum Gasteiger partial charge on any atom is -0.495 e. The van der Waals surface area contributed by atoms with Crippen molar-refractivity contribution in [2.45, 2.75) is 0 Å². The fourth-order valence-corrected chi connectivity index (χ4v) is 3.39. The molecule has 0 saturated carbocycles. The maximum absolute atomic E-state index is 12.6. The number of non-ortho nitro benzene ring substituents is 1. The monoisotopic (exact) mass is 506 g/mol. The van der Waals surface area contributed by atoms with Gasteiger partial charge in [0.25, 0.3) is 17.5 Å². The number of anilines is 2. The van der Waals surface area contributed by atoms with Gasteiger partial charge in [0, 0.05) is 23.4 Å². The summed E-state index contributed by atoms with van der Waals surface area (Å²) in [6, 6.07) is 16.8. The molecule has 4 rings (SSSR count). The Labute approximate surface area is 209 Å². The van der Waals surface area contributed by atoms with Crippen LogP contribution in [0.2, 0.25) is 0 Å². The molecular weight excluding hydrogens is 488 g/mol. The first kappa shape index (κ1) is 24.2. The molecule has 0 spiro atoms. The first-order valence-electron chi connectivity index (χ1n) is 10.3. The number of carbonyl (C=O) groups is 2. The molecule has 0 radical (unpaired) electrons. The minimum absolute atomic E-state index is 0.0490. The van der Waals surface area contributed by atoms with Gasteiger partial charge >= 0.3 is 0 Å². The molecule has 2 heterocycles. The van der Waals surface area contributed by atoms with Crippen LogP contribution in [0.1, 0.15) is 21.1 Å². The average molecular weight is 506 g/mol. The number of thiocarbonyl (C=S) groups is 1. The van der Waals surface area contributed by atoms with Crippen molar-refractivity contribution >= 4 is 46.2 Å². The average Bonchev–Trinajstić information content (AvgIpc) is 3.57. The third-order valence-electron chi connectivity index (χ3n) is 4.85. The maximum atomic E-state index is 12.6. The fraction of sp³-hybridized carbons (Fsp3) is 0.0417. The van der Waals surface area contributed by atoms with Gasteiger partial charge in [0.05, 0.1) is 24.0 Å². The van der Waals surface area contributed by atoms with E-state index in [-0.39, 0.29) is 28.1 Å². The van der Waals surface area contributed by atoms with Gasteiger partial charge in [0.15, 0.2) is 16.6 Å². The van der Waals surface area contributed by atoms with E-state index in [0.29, 0.717) is 22.7 Å². The molecule has 0 fully saturated rings. The van der Waals surface area contributed by atoms with Crippen LogP contribution >= 0.6 is 12.2 Å². The molecule has 3 N–H and O–H groups in total. The molecule has 4 aromatic rings. The minimum atomic E-state index is -0.634. The maximum Gasteiger partial charge on any atom is 0.293 e. The van der Waals surface area contributed by atoms with Crippen molar-refractivity contribution in [2.75, 3.05) is 17.7 Å². The number of benzene rings is 2. The number of nitro groups is 1. The summed E-state index contributed by atoms with van der Waals surface area (Å²) in [6.45, 7) is 0. The molecular formula is C24H18N4O7S. The highest BCUT2D eigenvalue weighted by atomic mass is 32.1. The van der Waals surface area contributed by atoms with E-state index in [1.54, 1.807) is 30.3 Å². The van der Waals surface area contributed by atoms with E-state index >= 15 is 0 Å². The summed E-state index contributed by atoms with van der Waals surface area (Å²) < 4.78 is 16.0. The zero-order valence-corrected chi connectivity index (χ0v) is 19.5. The highest BCUT2D eigenvalue weighted by Crippen LogP contribution is 2.29. The number of nitro benzene ring substituents is 1. The van der Waals surface area contributed by atoms with E-state index in [9.17, 15) is 19.7 Å². The number of hydrogen-bond donors (Lipinski definition) is 3. The number of ether oxygens (including phenoxy) is 1. The van der Waals surface area contributed by atoms with Gasteiger partial charge in [-0.15, -0.1) is 0 Å². The summed E-state index contributed by atoms with van der Waals surface area (Å²) in [5.41, 5.74) is 1.16. The number of rotatable bonds is 7. The molecule has 0 saturated heterocycles. The Morgan fingerprint density at radius 1 is 0.972 bits per heavy atom. The van der Waals surface area contributed by atoms with Gasteiger partial charge in [-0.1, -0.05) is 12.1 Å². The lowest BCUT2D eigenvalue weighted by atomic mass is 10.1. The quantitative estimate of drug-likeness (QED) is 0.182. The zero-order chi connectivity index (χ0) is 25.7. The molecule has 36 heavy (non-hydrogen) atoms. The van der Waals surface area contributed by atoms with Crippen LogP contribution in [0.3, 0.4) is 0 Å². The van der Waals surface area contributed by atoms with E-state index in [1.807, 2.05) is 0 Å². The van der Waals surface area contributed by atoms with Crippen molar-refractivity contribution in [3.8, 4) is 17.1 Å². The Kier molecular flexibility index (Phi) is 7.07. The van der Waals surface area contributed by atoms with Crippen molar-refractivity contribution in [3.63, 3.8) is 0 Å². The summed E-state index contributed by atoms with van der Waals surface area (Å²) >= 11 is 5.24. The number of amides is 2. The Morgan fingerprint density at radius 3 is 2.53 bits per heavy atom. The normalized spacial score (nSPS) is 10.4. The van der Waals surface area contributed by atoms with E-state index in [1.165, 1.54) is 49.8 Å². The number of methoxy groups -OCH3 is 1. The molecule has 0 aliphatic rings. The highest BCUT2D eigenvalue weighted by Gasteiger charge is 2.17. The van der Waals surface area contributed by atoms with Crippen molar-refractivity contribution in [2.24, 2.45) is 0 Å². The van der Waals surface area contributed by atoms with Crippen molar-refractivity contribution in [1.29, 1.82) is 0 Å². The summed E-state index contributed by atoms with van der Waals surface area (Å²) in [5, 5.41) is 19.0. The number of nitrogens with zero attached hydrogens (tertiary/aromatic N) is 1. The molecule has 11 nitrogen and oxygen atoms in total. The lowest BCUT2D eigenvalue weighted by Gasteiger charge is -2.14. The zero-order valence-electron chi connectivity index (χ0n) is 18.6. The number of carbonyl (C=O) groups excluding carboxylic acids is 2. The van der Waals surface area contributed by atoms with Crippen molar-refractivity contribution in [1.82, 2.24) is 5.32 Å². The lowest BCUT2D eigenvalue weighted by molar-refractivity contribution is -0.384. The highest BCUT2D eigenvalue weighted by molar-refractivity contribution is 7.80. The molecule has 0 aliphatic carbocycles. The molecule has 0 aliphatic heterocycles. The SMILES string of the molecule is COc1ccc(NC(=O)c2ccco2)cc1NC(=S)NC(=O)c1ccc(-c2cccc([N+](=O)[O-])c2)o1. The van der Waals surface area contributed by atoms with Gasteiger partial charge in [-0.2, -0.15) is 0 Å². The predicted octanol–water partition coefficient (Wildman–Crippen LogP) is 4.84. The first-order valence-corrected chi connectivity index (χ1v) is 10.7. The molecule has 2 amide bonds. The van der Waals surface area contributed by atoms with Crippen LogP contribution in [0.15, 0.2) is 81.8 Å². The number of furan rings is 2. The molecule has 0 unspecified atom stereocenters. The van der Waals surface area contributed by atoms with Gasteiger partial charge < -0.3 is 24.2 Å². The summed E-state index contributed by atoms with van der Waals surface area (Å²) in [5.74, 6) is -0.286. The van der Waals surface area contributed by atoms with Crippen molar-refractivity contribution < 1.29 is 28.1 Å². The molecule has 182 valence electrons. The topological polar surface area (TPSA) is 149 Å². The smallest absolute Gasteiger partial charge is 0.293 e. The Bertz CT molecular complexity index is 1450. The van der Waals surface area contributed by atoms with Crippen LogP contribution in [-0.2, 0) is 0 Å². The van der Waals surface area contributed by atoms with Crippen LogP contribution in [0.25, 0.3) is 11.3 Å². The standard InChI is InChI=1S/C24H18N4O7S/c1-33-19-8-7-15(25-22(29)20-6-3-11-34-20)13-17(19)26-24(36)27-23(30)21-10-9-18(35-21)14-4-2-5-16(12-14)28(31)32/h2-13H,1H3,(H,25,29)(H2,26,27,30,36). The van der Waals surface area contributed by atoms with Gasteiger partial charge in [-0.3, -0.25) is 25.0 Å². The fourth-order valence-electron chi connectivity index (χ4n) is 3.19. The van der Waals surface area contributed by atoms with E-state index in [2.05, 4.69) is 16.0 Å². The van der Waals surface area contributed by atoms with E-state index in [0.717, 1.165) is 0 Å². The number of hydrogen-bond acceptors (Lipinski definition) is 8. The summed E-state index contributed by atoms with van der Waals surface area (Å²) in [6.07, 6.45) is 1.39. The molecule has 2 aromatic heterocycles. The molecule has 0 bridgehead atoms. The molecule has 12 heteroatoms. The van der Waals surface area contributed by atoms with Gasteiger partial charge in [0.2, 0.25) is 0 Å². The van der Waals surface area contributed by atoms with Crippen LogP contribution in [0.5, 0.6) is 5.75 Å². The third-order valence-corrected chi connectivity index (χ3v) is 5.05. The van der Waals surface area contributed by atoms with Gasteiger partial charge in [0.1, 0.15) is 11.5 Å². The largest absolute Gasteiger partial charge is 0.495 e. The molecule has 0 atom stereocenters. The third kappa shape index (κ3) is 5.56. The van der Waals surface area contributed by atoms with Crippen LogP contribution in [0, 0.1) is 10.1 Å². The second-order valence-corrected chi connectivity index (χ2v) is 7.63. The van der Waals surface area contributed by atoms with Crippen LogP contribution in [-0.4, -0.2) is 29.0 Å². The Hall–Kier alpha value is -4.97. The van der Waals surface area contributed by atoms with Crippen LogP contribution < -0.4 is 20.7 Å². The first-order chi connectivity index (χ1) is 17.3. The van der Waals surface area contributed by atoms with Crippen molar-refractivity contribution in [3.05, 3.63) is 94.6 Å². The van der Waals surface area contributed by atoms with E-state index < -0.39 is 16.7 Å². The summed E-state index contributed by atoms with van der Waals surface area (Å²) in [7, 11) is 1.46. The Morgan fingerprint density at radius 2 is 1.81 bits per heavy atom. The Balaban J connectivity index is 1.43. The van der Waals surface area contributed by atoms with Gasteiger partial charge in [-0.05, 0) is 54.7 Å². The number of nitrogens with one attached hydrogen (secondary N) is 3.